The number of anilines is 1. The highest BCUT2D eigenvalue weighted by molar-refractivity contribution is 9.10. The SMILES string of the molecule is COc1ccc(NC(=O)/C(=C\c2cccc(Br)c2)NC(=O)c2ccco2)cc1. The Bertz CT molecular complexity index is 996. The molecule has 0 aliphatic rings. The molecule has 0 saturated heterocycles. The number of hydrogen-bond acceptors (Lipinski definition) is 4. The van der Waals surface area contributed by atoms with Crippen LogP contribution in [0.15, 0.2) is 81.5 Å². The van der Waals surface area contributed by atoms with E-state index in [0.29, 0.717) is 11.4 Å². The van der Waals surface area contributed by atoms with Crippen LogP contribution in [-0.4, -0.2) is 18.9 Å². The minimum Gasteiger partial charge on any atom is -0.497 e. The summed E-state index contributed by atoms with van der Waals surface area (Å²) in [5.41, 5.74) is 1.39. The average molecular weight is 441 g/mol. The number of nitrogens with one attached hydrogen (secondary N) is 2. The van der Waals surface area contributed by atoms with E-state index in [1.807, 2.05) is 24.3 Å². The second kappa shape index (κ2) is 9.05. The van der Waals surface area contributed by atoms with Crippen LogP contribution in [0.25, 0.3) is 6.08 Å². The number of ether oxygens (including phenoxy) is 1. The van der Waals surface area contributed by atoms with E-state index in [4.69, 9.17) is 9.15 Å². The lowest BCUT2D eigenvalue weighted by molar-refractivity contribution is -0.113. The van der Waals surface area contributed by atoms with Gasteiger partial charge in [0.15, 0.2) is 5.76 Å². The third-order valence-corrected chi connectivity index (χ3v) is 4.24. The number of benzene rings is 2. The number of furan rings is 1. The molecule has 3 aromatic rings. The smallest absolute Gasteiger partial charge is 0.291 e. The van der Waals surface area contributed by atoms with Crippen LogP contribution in [0.2, 0.25) is 0 Å². The molecule has 0 atom stereocenters. The molecule has 0 bridgehead atoms. The Kier molecular flexibility index (Phi) is 6.29. The van der Waals surface area contributed by atoms with E-state index < -0.39 is 11.8 Å². The molecule has 0 unspecified atom stereocenters. The highest BCUT2D eigenvalue weighted by atomic mass is 79.9. The van der Waals surface area contributed by atoms with Crippen molar-refractivity contribution < 1.29 is 18.7 Å². The second-order valence-electron chi connectivity index (χ2n) is 5.73. The van der Waals surface area contributed by atoms with Gasteiger partial charge in [-0.1, -0.05) is 28.1 Å². The molecule has 0 saturated carbocycles. The Hall–Kier alpha value is -3.32. The van der Waals surface area contributed by atoms with Gasteiger partial charge in [0, 0.05) is 10.2 Å². The minimum absolute atomic E-state index is 0.0790. The van der Waals surface area contributed by atoms with Crippen molar-refractivity contribution in [3.05, 3.63) is 88.4 Å². The fourth-order valence-corrected chi connectivity index (χ4v) is 2.80. The maximum atomic E-state index is 12.8. The van der Waals surface area contributed by atoms with Crippen LogP contribution in [-0.2, 0) is 4.79 Å². The van der Waals surface area contributed by atoms with Crippen LogP contribution in [0, 0.1) is 0 Å². The molecular formula is C21H17BrN2O4. The molecule has 3 rings (SSSR count). The average Bonchev–Trinajstić information content (AvgIpc) is 3.23. The van der Waals surface area contributed by atoms with Crippen LogP contribution in [0.4, 0.5) is 5.69 Å². The fourth-order valence-electron chi connectivity index (χ4n) is 2.39. The van der Waals surface area contributed by atoms with Gasteiger partial charge in [-0.3, -0.25) is 9.59 Å². The Labute approximate surface area is 170 Å². The van der Waals surface area contributed by atoms with E-state index in [0.717, 1.165) is 10.0 Å². The van der Waals surface area contributed by atoms with Crippen molar-refractivity contribution in [3.63, 3.8) is 0 Å². The zero-order valence-electron chi connectivity index (χ0n) is 14.9. The zero-order chi connectivity index (χ0) is 19.9. The lowest BCUT2D eigenvalue weighted by Gasteiger charge is -2.11. The summed E-state index contributed by atoms with van der Waals surface area (Å²) in [6.45, 7) is 0. The monoisotopic (exact) mass is 440 g/mol. The van der Waals surface area contributed by atoms with Crippen molar-refractivity contribution in [2.24, 2.45) is 0 Å². The summed E-state index contributed by atoms with van der Waals surface area (Å²) in [6.07, 6.45) is 2.98. The number of amides is 2. The number of hydrogen-bond donors (Lipinski definition) is 2. The number of carbonyl (C=O) groups is 2. The number of rotatable bonds is 6. The molecular weight excluding hydrogens is 424 g/mol. The van der Waals surface area contributed by atoms with Crippen LogP contribution >= 0.6 is 15.9 Å². The normalized spacial score (nSPS) is 11.0. The second-order valence-corrected chi connectivity index (χ2v) is 6.64. The first-order chi connectivity index (χ1) is 13.5. The molecule has 2 N–H and O–H groups in total. The van der Waals surface area contributed by atoms with Crippen molar-refractivity contribution >= 4 is 39.5 Å². The summed E-state index contributed by atoms with van der Waals surface area (Å²) >= 11 is 3.39. The predicted octanol–water partition coefficient (Wildman–Crippen LogP) is 4.46. The highest BCUT2D eigenvalue weighted by Crippen LogP contribution is 2.17. The largest absolute Gasteiger partial charge is 0.497 e. The van der Waals surface area contributed by atoms with E-state index in [2.05, 4.69) is 26.6 Å². The number of halogens is 1. The molecule has 0 fully saturated rings. The van der Waals surface area contributed by atoms with Gasteiger partial charge in [-0.25, -0.2) is 0 Å². The van der Waals surface area contributed by atoms with Crippen LogP contribution in [0.5, 0.6) is 5.75 Å². The van der Waals surface area contributed by atoms with Gasteiger partial charge in [0.1, 0.15) is 11.4 Å². The van der Waals surface area contributed by atoms with Crippen molar-refractivity contribution in [2.45, 2.75) is 0 Å². The molecule has 2 aromatic carbocycles. The van der Waals surface area contributed by atoms with E-state index in [1.165, 1.54) is 12.3 Å². The number of methoxy groups -OCH3 is 1. The fraction of sp³-hybridized carbons (Fsp3) is 0.0476. The summed E-state index contributed by atoms with van der Waals surface area (Å²) in [4.78, 5) is 25.2. The van der Waals surface area contributed by atoms with Crippen molar-refractivity contribution in [2.75, 3.05) is 12.4 Å². The molecule has 0 aliphatic carbocycles. The molecule has 28 heavy (non-hydrogen) atoms. The third-order valence-electron chi connectivity index (χ3n) is 3.75. The maximum Gasteiger partial charge on any atom is 0.291 e. The lowest BCUT2D eigenvalue weighted by Crippen LogP contribution is -2.30. The third kappa shape index (κ3) is 5.11. The predicted molar refractivity (Wildman–Crippen MR) is 110 cm³/mol. The Morgan fingerprint density at radius 2 is 1.86 bits per heavy atom. The quantitative estimate of drug-likeness (QED) is 0.554. The van der Waals surface area contributed by atoms with Gasteiger partial charge < -0.3 is 19.8 Å². The van der Waals surface area contributed by atoms with Gasteiger partial charge in [-0.2, -0.15) is 0 Å². The van der Waals surface area contributed by atoms with Gasteiger partial charge in [0.2, 0.25) is 0 Å². The Morgan fingerprint density at radius 1 is 1.07 bits per heavy atom. The summed E-state index contributed by atoms with van der Waals surface area (Å²) in [5, 5.41) is 5.37. The standard InChI is InChI=1S/C21H17BrN2O4/c1-27-17-9-7-16(8-10-17)23-20(25)18(13-14-4-2-5-15(22)12-14)24-21(26)19-6-3-11-28-19/h2-13H,1H3,(H,23,25)(H,24,26)/b18-13+. The van der Waals surface area contributed by atoms with Gasteiger partial charge in [-0.05, 0) is 60.2 Å². The highest BCUT2D eigenvalue weighted by Gasteiger charge is 2.16. The molecule has 1 heterocycles. The maximum absolute atomic E-state index is 12.8. The van der Waals surface area contributed by atoms with Gasteiger partial charge in [-0.15, -0.1) is 0 Å². The number of carbonyl (C=O) groups excluding carboxylic acids is 2. The molecule has 1 aromatic heterocycles. The molecule has 0 spiro atoms. The Morgan fingerprint density at radius 3 is 2.50 bits per heavy atom. The first-order valence-corrected chi connectivity index (χ1v) is 9.12. The van der Waals surface area contributed by atoms with Crippen molar-refractivity contribution in [3.8, 4) is 5.75 Å². The molecule has 142 valence electrons. The van der Waals surface area contributed by atoms with Gasteiger partial charge >= 0.3 is 0 Å². The topological polar surface area (TPSA) is 80.6 Å². The molecule has 0 radical (unpaired) electrons. The first kappa shape index (κ1) is 19.4. The van der Waals surface area contributed by atoms with Gasteiger partial charge in [0.25, 0.3) is 11.8 Å². The van der Waals surface area contributed by atoms with E-state index in [-0.39, 0.29) is 11.5 Å². The minimum atomic E-state index is -0.517. The van der Waals surface area contributed by atoms with E-state index in [1.54, 1.807) is 43.5 Å². The van der Waals surface area contributed by atoms with E-state index >= 15 is 0 Å². The Balaban J connectivity index is 1.85. The summed E-state index contributed by atoms with van der Waals surface area (Å²) in [6, 6.07) is 17.4. The summed E-state index contributed by atoms with van der Waals surface area (Å²) in [5.74, 6) is -0.201. The zero-order valence-corrected chi connectivity index (χ0v) is 16.5. The van der Waals surface area contributed by atoms with Crippen LogP contribution in [0.3, 0.4) is 0 Å². The molecule has 0 aliphatic heterocycles. The summed E-state index contributed by atoms with van der Waals surface area (Å²) < 4.78 is 11.1. The van der Waals surface area contributed by atoms with Crippen molar-refractivity contribution in [1.29, 1.82) is 0 Å². The van der Waals surface area contributed by atoms with Crippen LogP contribution < -0.4 is 15.4 Å². The molecule has 6 nitrogen and oxygen atoms in total. The van der Waals surface area contributed by atoms with Gasteiger partial charge in [0.05, 0.1) is 13.4 Å². The van der Waals surface area contributed by atoms with Crippen molar-refractivity contribution in [1.82, 2.24) is 5.32 Å². The lowest BCUT2D eigenvalue weighted by atomic mass is 10.2. The molecule has 7 heteroatoms. The van der Waals surface area contributed by atoms with Crippen LogP contribution in [0.1, 0.15) is 16.1 Å². The first-order valence-electron chi connectivity index (χ1n) is 8.32. The molecule has 2 amide bonds. The summed E-state index contributed by atoms with van der Waals surface area (Å²) in [7, 11) is 1.57. The van der Waals surface area contributed by atoms with E-state index in [9.17, 15) is 9.59 Å².